The quantitative estimate of drug-likeness (QED) is 0.0757. The number of halogens is 1. The normalized spacial score (nSPS) is 17.7. The third-order valence-electron chi connectivity index (χ3n) is 5.60. The second-order valence-corrected chi connectivity index (χ2v) is 9.23. The van der Waals surface area contributed by atoms with Crippen molar-refractivity contribution in [3.05, 3.63) is 46.5 Å². The van der Waals surface area contributed by atoms with Gasteiger partial charge in [-0.2, -0.15) is 0 Å². The molecule has 0 unspecified atom stereocenters. The van der Waals surface area contributed by atoms with Crippen LogP contribution in [0.25, 0.3) is 0 Å². The summed E-state index contributed by atoms with van der Waals surface area (Å²) in [5.74, 6) is -0.462. The Bertz CT molecular complexity index is 683. The van der Waals surface area contributed by atoms with Gasteiger partial charge in [0, 0.05) is 16.5 Å². The largest absolute Gasteiger partial charge is 0.457 e. The number of carbonyl (C=O) groups is 2. The Balaban J connectivity index is 1.39. The van der Waals surface area contributed by atoms with E-state index in [1.807, 2.05) is 0 Å². The van der Waals surface area contributed by atoms with E-state index < -0.39 is 0 Å². The summed E-state index contributed by atoms with van der Waals surface area (Å²) in [6.45, 7) is 2.05. The van der Waals surface area contributed by atoms with Gasteiger partial charge in [0.05, 0.1) is 12.2 Å². The van der Waals surface area contributed by atoms with Gasteiger partial charge in [0.1, 0.15) is 0 Å². The van der Waals surface area contributed by atoms with Gasteiger partial charge in [-0.25, -0.2) is 0 Å². The first kappa shape index (κ1) is 25.8. The lowest BCUT2D eigenvalue weighted by molar-refractivity contribution is -0.142. The van der Waals surface area contributed by atoms with Gasteiger partial charge >= 0.3 is 5.97 Å². The van der Waals surface area contributed by atoms with Crippen LogP contribution in [-0.4, -0.2) is 30.6 Å². The molecule has 4 nitrogen and oxygen atoms in total. The molecule has 1 fully saturated rings. The van der Waals surface area contributed by atoms with Gasteiger partial charge in [-0.3, -0.25) is 9.59 Å². The standard InChI is InChI=1S/C26H37BrO4/c1-2-3-4-5-7-10-13-24-25(31-24)14-11-8-6-9-12-15-26(29)30-20-23(28)21-16-18-22(27)19-17-21/h7,10,16-19,24-25H,2-6,8-9,11-15,20H2,1H3/b10-7-/t24-,25+/m1/s1. The molecule has 0 saturated carbocycles. The van der Waals surface area contributed by atoms with Crippen LogP contribution in [0.1, 0.15) is 94.3 Å². The number of carbonyl (C=O) groups excluding carboxylic acids is 2. The van der Waals surface area contributed by atoms with Crippen molar-refractivity contribution in [2.45, 2.75) is 96.2 Å². The molecule has 1 heterocycles. The highest BCUT2D eigenvalue weighted by atomic mass is 79.9. The molecule has 2 rings (SSSR count). The monoisotopic (exact) mass is 492 g/mol. The summed E-state index contributed by atoms with van der Waals surface area (Å²) in [4.78, 5) is 23.8. The van der Waals surface area contributed by atoms with Crippen LogP contribution in [0.4, 0.5) is 0 Å². The molecule has 0 amide bonds. The molecule has 2 atom stereocenters. The van der Waals surface area contributed by atoms with Crippen LogP contribution in [0.15, 0.2) is 40.9 Å². The Labute approximate surface area is 195 Å². The van der Waals surface area contributed by atoms with E-state index in [0.29, 0.717) is 24.2 Å². The van der Waals surface area contributed by atoms with Crippen molar-refractivity contribution in [2.24, 2.45) is 0 Å². The Hall–Kier alpha value is -1.46. The van der Waals surface area contributed by atoms with Crippen LogP contribution in [0.2, 0.25) is 0 Å². The highest BCUT2D eigenvalue weighted by Crippen LogP contribution is 2.30. The molecule has 1 aromatic rings. The number of epoxide rings is 1. The first-order valence-electron chi connectivity index (χ1n) is 11.8. The summed E-state index contributed by atoms with van der Waals surface area (Å²) in [6.07, 6.45) is 18.5. The van der Waals surface area contributed by atoms with Crippen LogP contribution in [0, 0.1) is 0 Å². The minimum Gasteiger partial charge on any atom is -0.457 e. The number of ether oxygens (including phenoxy) is 2. The number of rotatable bonds is 17. The van der Waals surface area contributed by atoms with Crippen LogP contribution in [-0.2, 0) is 14.3 Å². The molecular formula is C26H37BrO4. The zero-order valence-corrected chi connectivity index (χ0v) is 20.4. The molecule has 0 aromatic heterocycles. The van der Waals surface area contributed by atoms with E-state index in [1.165, 1.54) is 38.5 Å². The maximum Gasteiger partial charge on any atom is 0.306 e. The maximum absolute atomic E-state index is 12.0. The van der Waals surface area contributed by atoms with Gasteiger partial charge in [0.15, 0.2) is 12.4 Å². The van der Waals surface area contributed by atoms with Crippen molar-refractivity contribution in [3.8, 4) is 0 Å². The molecule has 0 spiro atoms. The van der Waals surface area contributed by atoms with Crippen LogP contribution in [0.3, 0.4) is 0 Å². The number of esters is 1. The van der Waals surface area contributed by atoms with Gasteiger partial charge in [-0.05, 0) is 44.2 Å². The van der Waals surface area contributed by atoms with Gasteiger partial charge in [0.25, 0.3) is 0 Å². The third-order valence-corrected chi connectivity index (χ3v) is 6.13. The van der Waals surface area contributed by atoms with E-state index >= 15 is 0 Å². The molecule has 31 heavy (non-hydrogen) atoms. The fraction of sp³-hybridized carbons (Fsp3) is 0.615. The number of hydrogen-bond donors (Lipinski definition) is 0. The van der Waals surface area contributed by atoms with Crippen LogP contribution in [0.5, 0.6) is 0 Å². The Kier molecular flexibility index (Phi) is 12.8. The number of allylic oxidation sites excluding steroid dienone is 1. The van der Waals surface area contributed by atoms with E-state index in [1.54, 1.807) is 24.3 Å². The zero-order chi connectivity index (χ0) is 22.3. The number of hydrogen-bond acceptors (Lipinski definition) is 4. The summed E-state index contributed by atoms with van der Waals surface area (Å²) in [5.41, 5.74) is 0.556. The fourth-order valence-electron chi connectivity index (χ4n) is 3.58. The van der Waals surface area contributed by atoms with Crippen molar-refractivity contribution in [1.82, 2.24) is 0 Å². The second-order valence-electron chi connectivity index (χ2n) is 8.31. The van der Waals surface area contributed by atoms with E-state index in [0.717, 1.165) is 36.6 Å². The summed E-state index contributed by atoms with van der Waals surface area (Å²) >= 11 is 3.33. The molecule has 1 aliphatic rings. The molecule has 1 aliphatic heterocycles. The lowest BCUT2D eigenvalue weighted by atomic mass is 10.1. The van der Waals surface area contributed by atoms with Crippen molar-refractivity contribution in [1.29, 1.82) is 0 Å². The molecule has 1 saturated heterocycles. The summed E-state index contributed by atoms with van der Waals surface area (Å²) in [6, 6.07) is 7.05. The fourth-order valence-corrected chi connectivity index (χ4v) is 3.85. The van der Waals surface area contributed by atoms with Crippen molar-refractivity contribution in [3.63, 3.8) is 0 Å². The van der Waals surface area contributed by atoms with E-state index in [2.05, 4.69) is 35.0 Å². The van der Waals surface area contributed by atoms with Gasteiger partial charge in [0.2, 0.25) is 0 Å². The predicted octanol–water partition coefficient (Wildman–Crippen LogP) is 7.20. The number of benzene rings is 1. The number of Topliss-reactive ketones (excluding diaryl/α,β-unsaturated/α-hetero) is 1. The number of ketones is 1. The topological polar surface area (TPSA) is 55.9 Å². The molecule has 1 aromatic carbocycles. The first-order valence-corrected chi connectivity index (χ1v) is 12.6. The maximum atomic E-state index is 12.0. The first-order chi connectivity index (χ1) is 15.1. The van der Waals surface area contributed by atoms with Crippen molar-refractivity contribution in [2.75, 3.05) is 6.61 Å². The van der Waals surface area contributed by atoms with E-state index in [-0.39, 0.29) is 18.4 Å². The van der Waals surface area contributed by atoms with Crippen LogP contribution >= 0.6 is 15.9 Å². The Morgan fingerprint density at radius 2 is 1.71 bits per heavy atom. The highest BCUT2D eigenvalue weighted by molar-refractivity contribution is 9.10. The summed E-state index contributed by atoms with van der Waals surface area (Å²) in [7, 11) is 0. The Morgan fingerprint density at radius 1 is 0.968 bits per heavy atom. The van der Waals surface area contributed by atoms with Crippen LogP contribution < -0.4 is 0 Å². The molecule has 0 radical (unpaired) electrons. The molecule has 0 N–H and O–H groups in total. The lowest BCUT2D eigenvalue weighted by Gasteiger charge is -2.05. The zero-order valence-electron chi connectivity index (χ0n) is 18.8. The van der Waals surface area contributed by atoms with E-state index in [4.69, 9.17) is 9.47 Å². The van der Waals surface area contributed by atoms with Crippen molar-refractivity contribution < 1.29 is 19.1 Å². The molecule has 5 heteroatoms. The molecule has 172 valence electrons. The van der Waals surface area contributed by atoms with Crippen molar-refractivity contribution >= 4 is 27.7 Å². The molecule has 0 bridgehead atoms. The number of unbranched alkanes of at least 4 members (excludes halogenated alkanes) is 7. The second kappa shape index (κ2) is 15.4. The highest BCUT2D eigenvalue weighted by Gasteiger charge is 2.36. The minimum absolute atomic E-state index is 0.173. The smallest absolute Gasteiger partial charge is 0.306 e. The minimum atomic E-state index is -0.289. The SMILES string of the molecule is CCCCC/C=C\C[C@H]1O[C@H]1CCCCCCCC(=O)OCC(=O)c1ccc(Br)cc1. The average molecular weight is 493 g/mol. The predicted molar refractivity (Wildman–Crippen MR) is 128 cm³/mol. The van der Waals surface area contributed by atoms with E-state index in [9.17, 15) is 9.59 Å². The third kappa shape index (κ3) is 11.6. The van der Waals surface area contributed by atoms with Gasteiger partial charge < -0.3 is 9.47 Å². The lowest BCUT2D eigenvalue weighted by Crippen LogP contribution is -2.13. The Morgan fingerprint density at radius 3 is 2.48 bits per heavy atom. The molecule has 0 aliphatic carbocycles. The van der Waals surface area contributed by atoms with Gasteiger partial charge in [-0.1, -0.05) is 85.7 Å². The summed E-state index contributed by atoms with van der Waals surface area (Å²) < 4.78 is 11.8. The average Bonchev–Trinajstić information content (AvgIpc) is 3.52. The summed E-state index contributed by atoms with van der Waals surface area (Å²) in [5, 5.41) is 0. The van der Waals surface area contributed by atoms with Gasteiger partial charge in [-0.15, -0.1) is 0 Å². The molecular weight excluding hydrogens is 456 g/mol.